The Morgan fingerprint density at radius 1 is 1.00 bits per heavy atom. The summed E-state index contributed by atoms with van der Waals surface area (Å²) in [5.74, 6) is -1.78. The van der Waals surface area contributed by atoms with Crippen LogP contribution in [0.4, 0.5) is 4.79 Å². The number of hydrogen-bond donors (Lipinski definition) is 3. The quantitative estimate of drug-likeness (QED) is 0.496. The Kier molecular flexibility index (Phi) is 7.71. The Morgan fingerprint density at radius 2 is 1.58 bits per heavy atom. The van der Waals surface area contributed by atoms with Gasteiger partial charge < -0.3 is 15.2 Å². The monoisotopic (exact) mass is 454 g/mol. The number of carboxylic acid groups (broad SMARTS) is 1. The number of alkyl carbamates (subject to hydrolysis) is 1. The molecule has 0 heterocycles. The summed E-state index contributed by atoms with van der Waals surface area (Å²) >= 11 is 0. The van der Waals surface area contributed by atoms with E-state index in [0.29, 0.717) is 6.42 Å². The van der Waals surface area contributed by atoms with Crippen LogP contribution in [0.5, 0.6) is 0 Å². The number of ether oxygens (including phenoxy) is 1. The predicted octanol–water partition coefficient (Wildman–Crippen LogP) is 3.85. The topological polar surface area (TPSA) is 114 Å². The standard InChI is InChI=1S/C25H30N2O6/c1-25(2,3)13-16(12-22(28)27-33-15-23(29)30)26-24(31)32-14-21-19-10-6-4-8-17(19)18-9-5-7-11-20(18)21/h4-11,16,21H,12-15H2,1-3H3,(H,26,31)(H,27,28)(H,29,30). The van der Waals surface area contributed by atoms with Crippen molar-refractivity contribution in [1.82, 2.24) is 10.8 Å². The molecule has 0 aliphatic heterocycles. The third-order valence-electron chi connectivity index (χ3n) is 5.34. The van der Waals surface area contributed by atoms with Crippen LogP contribution in [0.25, 0.3) is 11.1 Å². The maximum atomic E-state index is 12.6. The Bertz CT molecular complexity index is 968. The highest BCUT2D eigenvalue weighted by atomic mass is 16.7. The molecule has 0 fully saturated rings. The highest BCUT2D eigenvalue weighted by molar-refractivity contribution is 5.79. The Morgan fingerprint density at radius 3 is 2.12 bits per heavy atom. The highest BCUT2D eigenvalue weighted by Gasteiger charge is 2.30. The van der Waals surface area contributed by atoms with Crippen molar-refractivity contribution in [2.45, 2.75) is 45.6 Å². The molecule has 0 radical (unpaired) electrons. The van der Waals surface area contributed by atoms with Gasteiger partial charge in [0.15, 0.2) is 6.61 Å². The zero-order valence-corrected chi connectivity index (χ0v) is 19.1. The molecule has 1 aliphatic carbocycles. The van der Waals surface area contributed by atoms with Crippen molar-refractivity contribution in [3.05, 3.63) is 59.7 Å². The van der Waals surface area contributed by atoms with Gasteiger partial charge >= 0.3 is 12.1 Å². The van der Waals surface area contributed by atoms with E-state index in [1.807, 2.05) is 57.2 Å². The van der Waals surface area contributed by atoms with E-state index in [2.05, 4.69) is 27.8 Å². The van der Waals surface area contributed by atoms with Gasteiger partial charge in [0.05, 0.1) is 0 Å². The molecule has 0 saturated heterocycles. The fraction of sp³-hybridized carbons (Fsp3) is 0.400. The molecule has 0 saturated carbocycles. The van der Waals surface area contributed by atoms with Gasteiger partial charge in [-0.2, -0.15) is 0 Å². The first-order valence-corrected chi connectivity index (χ1v) is 10.9. The van der Waals surface area contributed by atoms with Crippen LogP contribution in [0.3, 0.4) is 0 Å². The van der Waals surface area contributed by atoms with Crippen molar-refractivity contribution in [2.75, 3.05) is 13.2 Å². The average Bonchev–Trinajstić information content (AvgIpc) is 3.04. The van der Waals surface area contributed by atoms with Gasteiger partial charge in [-0.3, -0.25) is 9.63 Å². The van der Waals surface area contributed by atoms with Crippen molar-refractivity contribution in [3.63, 3.8) is 0 Å². The Labute approximate surface area is 193 Å². The van der Waals surface area contributed by atoms with E-state index in [4.69, 9.17) is 9.84 Å². The number of nitrogens with one attached hydrogen (secondary N) is 2. The molecule has 0 aromatic heterocycles. The van der Waals surface area contributed by atoms with E-state index < -0.39 is 30.6 Å². The number of carbonyl (C=O) groups excluding carboxylic acids is 2. The molecular formula is C25H30N2O6. The molecular weight excluding hydrogens is 424 g/mol. The normalized spacial score (nSPS) is 13.5. The molecule has 2 aromatic rings. The van der Waals surface area contributed by atoms with E-state index in [1.165, 1.54) is 0 Å². The summed E-state index contributed by atoms with van der Waals surface area (Å²) in [6.45, 7) is 5.53. The van der Waals surface area contributed by atoms with E-state index in [9.17, 15) is 14.4 Å². The molecule has 8 heteroatoms. The molecule has 3 N–H and O–H groups in total. The average molecular weight is 455 g/mol. The molecule has 0 spiro atoms. The summed E-state index contributed by atoms with van der Waals surface area (Å²) in [5, 5.41) is 11.4. The molecule has 2 amide bonds. The smallest absolute Gasteiger partial charge is 0.407 e. The van der Waals surface area contributed by atoms with Crippen LogP contribution in [0, 0.1) is 5.41 Å². The van der Waals surface area contributed by atoms with Gasteiger partial charge in [-0.1, -0.05) is 69.3 Å². The molecule has 8 nitrogen and oxygen atoms in total. The van der Waals surface area contributed by atoms with E-state index in [1.54, 1.807) is 0 Å². The third kappa shape index (κ3) is 6.79. The second kappa shape index (κ2) is 10.5. The molecule has 2 aromatic carbocycles. The number of hydrogen-bond acceptors (Lipinski definition) is 5. The highest BCUT2D eigenvalue weighted by Crippen LogP contribution is 2.44. The zero-order valence-electron chi connectivity index (χ0n) is 19.1. The van der Waals surface area contributed by atoms with Crippen LogP contribution < -0.4 is 10.8 Å². The molecule has 33 heavy (non-hydrogen) atoms. The van der Waals surface area contributed by atoms with Gasteiger partial charge in [0.25, 0.3) is 0 Å². The summed E-state index contributed by atoms with van der Waals surface area (Å²) in [6, 6.07) is 15.7. The van der Waals surface area contributed by atoms with Gasteiger partial charge in [-0.25, -0.2) is 15.1 Å². The number of amides is 2. The Balaban J connectivity index is 1.61. The van der Waals surface area contributed by atoms with Crippen LogP contribution in [-0.2, 0) is 19.2 Å². The van der Waals surface area contributed by atoms with Crippen molar-refractivity contribution in [2.24, 2.45) is 5.41 Å². The SMILES string of the molecule is CC(C)(C)CC(CC(=O)NOCC(=O)O)NC(=O)OCC1c2ccccc2-c2ccccc21. The summed E-state index contributed by atoms with van der Waals surface area (Å²) in [5.41, 5.74) is 6.45. The van der Waals surface area contributed by atoms with Gasteiger partial charge in [-0.15, -0.1) is 0 Å². The minimum atomic E-state index is -1.20. The van der Waals surface area contributed by atoms with Crippen LogP contribution >= 0.6 is 0 Å². The third-order valence-corrected chi connectivity index (χ3v) is 5.34. The van der Waals surface area contributed by atoms with E-state index in [-0.39, 0.29) is 24.4 Å². The van der Waals surface area contributed by atoms with Crippen LogP contribution in [0.1, 0.15) is 50.7 Å². The summed E-state index contributed by atoms with van der Waals surface area (Å²) in [6.07, 6.45) is -0.157. The minimum absolute atomic E-state index is 0.0584. The maximum absolute atomic E-state index is 12.6. The van der Waals surface area contributed by atoms with Crippen molar-refractivity contribution < 1.29 is 29.1 Å². The molecule has 1 aliphatic rings. The summed E-state index contributed by atoms with van der Waals surface area (Å²) < 4.78 is 5.59. The summed E-state index contributed by atoms with van der Waals surface area (Å²) in [7, 11) is 0. The number of aliphatic carboxylic acids is 1. The number of carboxylic acids is 1. The molecule has 1 atom stereocenters. The van der Waals surface area contributed by atoms with Crippen LogP contribution in [0.15, 0.2) is 48.5 Å². The van der Waals surface area contributed by atoms with E-state index >= 15 is 0 Å². The number of carbonyl (C=O) groups is 3. The number of benzene rings is 2. The molecule has 3 rings (SSSR count). The second-order valence-corrected chi connectivity index (χ2v) is 9.34. The lowest BCUT2D eigenvalue weighted by molar-refractivity contribution is -0.149. The minimum Gasteiger partial charge on any atom is -0.479 e. The van der Waals surface area contributed by atoms with Crippen molar-refractivity contribution in [1.29, 1.82) is 0 Å². The fourth-order valence-electron chi connectivity index (χ4n) is 4.16. The first-order valence-electron chi connectivity index (χ1n) is 10.9. The first kappa shape index (κ1) is 24.3. The Hall–Kier alpha value is -3.39. The zero-order chi connectivity index (χ0) is 24.0. The van der Waals surface area contributed by atoms with Gasteiger partial charge in [0, 0.05) is 18.4 Å². The lowest BCUT2D eigenvalue weighted by Crippen LogP contribution is -2.42. The van der Waals surface area contributed by atoms with Gasteiger partial charge in [-0.05, 0) is 34.1 Å². The summed E-state index contributed by atoms with van der Waals surface area (Å²) in [4.78, 5) is 39.9. The predicted molar refractivity (Wildman–Crippen MR) is 122 cm³/mol. The molecule has 1 unspecified atom stereocenters. The van der Waals surface area contributed by atoms with Crippen LogP contribution in [-0.4, -0.2) is 42.3 Å². The van der Waals surface area contributed by atoms with Crippen molar-refractivity contribution in [3.8, 4) is 11.1 Å². The fourth-order valence-corrected chi connectivity index (χ4v) is 4.16. The first-order chi connectivity index (χ1) is 15.6. The lowest BCUT2D eigenvalue weighted by Gasteiger charge is -2.26. The number of hydroxylamine groups is 1. The number of rotatable bonds is 9. The lowest BCUT2D eigenvalue weighted by atomic mass is 9.87. The van der Waals surface area contributed by atoms with Crippen molar-refractivity contribution >= 4 is 18.0 Å². The largest absolute Gasteiger partial charge is 0.479 e. The van der Waals surface area contributed by atoms with Crippen LogP contribution in [0.2, 0.25) is 0 Å². The van der Waals surface area contributed by atoms with Gasteiger partial charge in [0.2, 0.25) is 5.91 Å². The number of fused-ring (bicyclic) bond motifs is 3. The van der Waals surface area contributed by atoms with E-state index in [0.717, 1.165) is 22.3 Å². The molecule has 0 bridgehead atoms. The molecule has 176 valence electrons. The maximum Gasteiger partial charge on any atom is 0.407 e. The second-order valence-electron chi connectivity index (χ2n) is 9.34. The van der Waals surface area contributed by atoms with Gasteiger partial charge in [0.1, 0.15) is 6.61 Å².